The van der Waals surface area contributed by atoms with Crippen molar-refractivity contribution in [3.8, 4) is 0 Å². The van der Waals surface area contributed by atoms with Crippen LogP contribution in [0.5, 0.6) is 0 Å². The van der Waals surface area contributed by atoms with Crippen LogP contribution < -0.4 is 0 Å². The van der Waals surface area contributed by atoms with E-state index in [0.717, 1.165) is 37.2 Å². The molecule has 0 atom stereocenters. The number of rotatable bonds is 4. The quantitative estimate of drug-likeness (QED) is 0.678. The first kappa shape index (κ1) is 9.63. The normalized spacial score (nSPS) is 21.0. The van der Waals surface area contributed by atoms with E-state index in [2.05, 4.69) is 12.2 Å². The van der Waals surface area contributed by atoms with E-state index in [0.29, 0.717) is 6.29 Å². The Labute approximate surface area is 85.6 Å². The maximum atomic E-state index is 5.59. The van der Waals surface area contributed by atoms with E-state index in [4.69, 9.17) is 9.47 Å². The van der Waals surface area contributed by atoms with E-state index in [-0.39, 0.29) is 0 Å². The van der Waals surface area contributed by atoms with Crippen molar-refractivity contribution in [1.29, 1.82) is 0 Å². The summed E-state index contributed by atoms with van der Waals surface area (Å²) < 4.78 is 11.2. The van der Waals surface area contributed by atoms with Crippen molar-refractivity contribution in [2.45, 2.75) is 45.4 Å². The molecule has 2 aliphatic rings. The number of hydrogen-bond acceptors (Lipinski definition) is 2. The Balaban J connectivity index is 1.74. The largest absolute Gasteiger partial charge is 0.451 e. The van der Waals surface area contributed by atoms with Crippen LogP contribution in [0.4, 0.5) is 0 Å². The number of allylic oxidation sites excluding steroid dienone is 4. The van der Waals surface area contributed by atoms with Crippen LogP contribution >= 0.6 is 0 Å². The Morgan fingerprint density at radius 2 is 1.50 bits per heavy atom. The molecule has 2 rings (SSSR count). The van der Waals surface area contributed by atoms with Gasteiger partial charge in [-0.3, -0.25) is 0 Å². The van der Waals surface area contributed by atoms with Crippen LogP contribution in [-0.4, -0.2) is 0 Å². The highest BCUT2D eigenvalue weighted by molar-refractivity contribution is 5.03. The fraction of sp³-hybridized carbons (Fsp3) is 0.583. The minimum atomic E-state index is 0.672. The van der Waals surface area contributed by atoms with E-state index < -0.39 is 0 Å². The summed E-state index contributed by atoms with van der Waals surface area (Å²) in [7, 11) is 0. The molecule has 2 heteroatoms. The molecule has 0 unspecified atom stereocenters. The molecule has 0 bridgehead atoms. The molecular weight excluding hydrogens is 176 g/mol. The van der Waals surface area contributed by atoms with Gasteiger partial charge >= 0.3 is 6.29 Å². The summed E-state index contributed by atoms with van der Waals surface area (Å²) in [6.45, 7) is 1.89. The molecule has 2 aliphatic carbocycles. The van der Waals surface area contributed by atoms with Gasteiger partial charge in [0, 0.05) is 19.8 Å². The van der Waals surface area contributed by atoms with Crippen LogP contribution in [-0.2, 0) is 9.47 Å². The molecule has 0 aromatic rings. The molecule has 2 nitrogen and oxygen atoms in total. The second-order valence-electron chi connectivity index (χ2n) is 3.82. The third-order valence-electron chi connectivity index (χ3n) is 2.55. The fourth-order valence-corrected chi connectivity index (χ4v) is 1.86. The molecule has 0 amide bonds. The monoisotopic (exact) mass is 193 g/mol. The average molecular weight is 193 g/mol. The van der Waals surface area contributed by atoms with E-state index >= 15 is 0 Å². The van der Waals surface area contributed by atoms with Gasteiger partial charge in [0.2, 0.25) is 0 Å². The maximum Gasteiger partial charge on any atom is 0.325 e. The van der Waals surface area contributed by atoms with Crippen LogP contribution in [0, 0.1) is 6.29 Å². The minimum absolute atomic E-state index is 0.672. The Bertz CT molecular complexity index is 227. The number of hydrogen-bond donors (Lipinski definition) is 0. The predicted octanol–water partition coefficient (Wildman–Crippen LogP) is 3.66. The molecule has 0 fully saturated rings. The van der Waals surface area contributed by atoms with E-state index in [1.165, 1.54) is 12.8 Å². The lowest BCUT2D eigenvalue weighted by molar-refractivity contribution is 0.0263. The lowest BCUT2D eigenvalue weighted by Gasteiger charge is -2.15. The van der Waals surface area contributed by atoms with Gasteiger partial charge in [0.1, 0.15) is 0 Å². The molecule has 0 saturated carbocycles. The molecule has 0 aromatic heterocycles. The first-order chi connectivity index (χ1) is 6.84. The second-order valence-corrected chi connectivity index (χ2v) is 3.82. The molecule has 1 radical (unpaired) electrons. The Kier molecular flexibility index (Phi) is 3.12. The lowest BCUT2D eigenvalue weighted by atomic mass is 10.3. The van der Waals surface area contributed by atoms with Crippen molar-refractivity contribution >= 4 is 0 Å². The SMILES string of the molecule is C[C](OC1=CCCC1)OC1=CCCC1. The van der Waals surface area contributed by atoms with Gasteiger partial charge in [0.15, 0.2) is 0 Å². The van der Waals surface area contributed by atoms with Crippen molar-refractivity contribution in [3.05, 3.63) is 30.0 Å². The molecule has 77 valence electrons. The Morgan fingerprint density at radius 1 is 1.00 bits per heavy atom. The zero-order valence-corrected chi connectivity index (χ0v) is 8.71. The van der Waals surface area contributed by atoms with Gasteiger partial charge in [-0.05, 0) is 37.8 Å². The first-order valence-corrected chi connectivity index (χ1v) is 5.42. The standard InChI is InChI=1S/C12H17O2/c1-10(13-11-6-2-3-7-11)14-12-8-4-5-9-12/h6,8H,2-5,7,9H2,1H3. The smallest absolute Gasteiger partial charge is 0.325 e. The third-order valence-corrected chi connectivity index (χ3v) is 2.55. The second kappa shape index (κ2) is 4.54. The van der Waals surface area contributed by atoms with Gasteiger partial charge in [0.25, 0.3) is 0 Å². The molecule has 0 aliphatic heterocycles. The summed E-state index contributed by atoms with van der Waals surface area (Å²) in [5.41, 5.74) is 0. The van der Waals surface area contributed by atoms with Crippen molar-refractivity contribution in [2.24, 2.45) is 0 Å². The Hall–Kier alpha value is -0.920. The molecule has 0 saturated heterocycles. The highest BCUT2D eigenvalue weighted by atomic mass is 16.7. The fourth-order valence-electron chi connectivity index (χ4n) is 1.86. The van der Waals surface area contributed by atoms with Gasteiger partial charge in [0.05, 0.1) is 11.5 Å². The molecule has 14 heavy (non-hydrogen) atoms. The zero-order chi connectivity index (χ0) is 9.80. The average Bonchev–Trinajstić information content (AvgIpc) is 2.76. The van der Waals surface area contributed by atoms with Crippen molar-refractivity contribution in [1.82, 2.24) is 0 Å². The maximum absolute atomic E-state index is 5.59. The Morgan fingerprint density at radius 3 is 1.86 bits per heavy atom. The predicted molar refractivity (Wildman–Crippen MR) is 55.0 cm³/mol. The lowest BCUT2D eigenvalue weighted by Crippen LogP contribution is -2.02. The van der Waals surface area contributed by atoms with Crippen LogP contribution in [0.2, 0.25) is 0 Å². The molecule has 0 aromatic carbocycles. The van der Waals surface area contributed by atoms with E-state index in [1.807, 2.05) is 6.92 Å². The molecular formula is C12H17O2. The van der Waals surface area contributed by atoms with Crippen LogP contribution in [0.1, 0.15) is 45.4 Å². The summed E-state index contributed by atoms with van der Waals surface area (Å²) in [5, 5.41) is 0. The van der Waals surface area contributed by atoms with Crippen molar-refractivity contribution < 1.29 is 9.47 Å². The summed E-state index contributed by atoms with van der Waals surface area (Å²) in [5.74, 6) is 2.14. The van der Waals surface area contributed by atoms with Gasteiger partial charge < -0.3 is 9.47 Å². The summed E-state index contributed by atoms with van der Waals surface area (Å²) in [6.07, 6.45) is 11.8. The summed E-state index contributed by atoms with van der Waals surface area (Å²) >= 11 is 0. The summed E-state index contributed by atoms with van der Waals surface area (Å²) in [4.78, 5) is 0. The van der Waals surface area contributed by atoms with Crippen LogP contribution in [0.15, 0.2) is 23.7 Å². The van der Waals surface area contributed by atoms with Gasteiger partial charge in [-0.1, -0.05) is 0 Å². The van der Waals surface area contributed by atoms with Gasteiger partial charge in [-0.25, -0.2) is 0 Å². The topological polar surface area (TPSA) is 18.5 Å². The zero-order valence-electron chi connectivity index (χ0n) is 8.71. The molecule has 0 heterocycles. The van der Waals surface area contributed by atoms with Crippen molar-refractivity contribution in [2.75, 3.05) is 0 Å². The van der Waals surface area contributed by atoms with E-state index in [9.17, 15) is 0 Å². The first-order valence-electron chi connectivity index (χ1n) is 5.42. The molecule has 0 spiro atoms. The van der Waals surface area contributed by atoms with Gasteiger partial charge in [-0.2, -0.15) is 0 Å². The summed E-state index contributed by atoms with van der Waals surface area (Å²) in [6, 6.07) is 0. The van der Waals surface area contributed by atoms with Crippen molar-refractivity contribution in [3.63, 3.8) is 0 Å². The highest BCUT2D eigenvalue weighted by Gasteiger charge is 2.15. The number of ether oxygens (including phenoxy) is 2. The molecule has 0 N–H and O–H groups in total. The van der Waals surface area contributed by atoms with E-state index in [1.54, 1.807) is 0 Å². The minimum Gasteiger partial charge on any atom is -0.451 e. The van der Waals surface area contributed by atoms with Crippen LogP contribution in [0.25, 0.3) is 0 Å². The highest BCUT2D eigenvalue weighted by Crippen LogP contribution is 2.27. The van der Waals surface area contributed by atoms with Gasteiger partial charge in [-0.15, -0.1) is 0 Å². The third kappa shape index (κ3) is 2.53. The van der Waals surface area contributed by atoms with Crippen LogP contribution in [0.3, 0.4) is 0 Å².